The van der Waals surface area contributed by atoms with E-state index < -0.39 is 5.97 Å². The molecule has 0 bridgehead atoms. The first-order valence-corrected chi connectivity index (χ1v) is 7.20. The summed E-state index contributed by atoms with van der Waals surface area (Å²) in [6.45, 7) is 4.55. The van der Waals surface area contributed by atoms with Crippen molar-refractivity contribution in [1.29, 1.82) is 0 Å². The SMILES string of the molecule is CC1CC(C)CC(Oc2cccc(C=CC(=O)O)c2)C1. The second-order valence-electron chi connectivity index (χ2n) is 5.90. The fourth-order valence-corrected chi connectivity index (χ4v) is 3.02. The molecule has 1 aromatic rings. The van der Waals surface area contributed by atoms with Crippen LogP contribution in [-0.2, 0) is 4.79 Å². The number of hydrogen-bond donors (Lipinski definition) is 1. The van der Waals surface area contributed by atoms with Crippen molar-refractivity contribution in [3.63, 3.8) is 0 Å². The number of ether oxygens (including phenoxy) is 1. The molecule has 1 aliphatic carbocycles. The number of aliphatic carboxylic acids is 1. The summed E-state index contributed by atoms with van der Waals surface area (Å²) in [5.41, 5.74) is 0.849. The maximum atomic E-state index is 10.5. The normalized spacial score (nSPS) is 26.6. The highest BCUT2D eigenvalue weighted by molar-refractivity contribution is 5.85. The Bertz CT molecular complexity index is 483. The highest BCUT2D eigenvalue weighted by Crippen LogP contribution is 2.31. The van der Waals surface area contributed by atoms with Crippen LogP contribution in [0.15, 0.2) is 30.3 Å². The molecule has 20 heavy (non-hydrogen) atoms. The van der Waals surface area contributed by atoms with Crippen molar-refractivity contribution in [1.82, 2.24) is 0 Å². The minimum atomic E-state index is -0.939. The smallest absolute Gasteiger partial charge is 0.328 e. The Morgan fingerprint density at radius 1 is 1.25 bits per heavy atom. The molecule has 1 aliphatic rings. The van der Waals surface area contributed by atoms with Gasteiger partial charge in [0, 0.05) is 6.08 Å². The van der Waals surface area contributed by atoms with Crippen molar-refractivity contribution < 1.29 is 14.6 Å². The van der Waals surface area contributed by atoms with Gasteiger partial charge in [-0.3, -0.25) is 0 Å². The molecule has 2 unspecified atom stereocenters. The maximum Gasteiger partial charge on any atom is 0.328 e. The molecule has 2 rings (SSSR count). The summed E-state index contributed by atoms with van der Waals surface area (Å²) in [4.78, 5) is 10.5. The zero-order valence-electron chi connectivity index (χ0n) is 12.1. The van der Waals surface area contributed by atoms with E-state index in [4.69, 9.17) is 9.84 Å². The lowest BCUT2D eigenvalue weighted by atomic mass is 9.82. The lowest BCUT2D eigenvalue weighted by Gasteiger charge is -2.31. The Morgan fingerprint density at radius 2 is 1.95 bits per heavy atom. The van der Waals surface area contributed by atoms with E-state index >= 15 is 0 Å². The van der Waals surface area contributed by atoms with Crippen molar-refractivity contribution in [2.75, 3.05) is 0 Å². The molecule has 108 valence electrons. The van der Waals surface area contributed by atoms with E-state index in [0.29, 0.717) is 11.8 Å². The minimum absolute atomic E-state index is 0.271. The molecule has 0 amide bonds. The van der Waals surface area contributed by atoms with E-state index in [9.17, 15) is 4.79 Å². The Kier molecular flexibility index (Phi) is 4.83. The zero-order valence-corrected chi connectivity index (χ0v) is 12.1. The Balaban J connectivity index is 2.02. The monoisotopic (exact) mass is 274 g/mol. The van der Waals surface area contributed by atoms with Crippen LogP contribution < -0.4 is 4.74 Å². The molecule has 2 atom stereocenters. The van der Waals surface area contributed by atoms with Gasteiger partial charge >= 0.3 is 5.97 Å². The summed E-state index contributed by atoms with van der Waals surface area (Å²) in [7, 11) is 0. The van der Waals surface area contributed by atoms with Gasteiger partial charge in [-0.1, -0.05) is 26.0 Å². The van der Waals surface area contributed by atoms with Crippen LogP contribution in [-0.4, -0.2) is 17.2 Å². The lowest BCUT2D eigenvalue weighted by molar-refractivity contribution is -0.131. The van der Waals surface area contributed by atoms with E-state index in [1.165, 1.54) is 6.42 Å². The maximum absolute atomic E-state index is 10.5. The van der Waals surface area contributed by atoms with E-state index in [-0.39, 0.29) is 6.10 Å². The van der Waals surface area contributed by atoms with Crippen LogP contribution in [0.5, 0.6) is 5.75 Å². The largest absolute Gasteiger partial charge is 0.490 e. The van der Waals surface area contributed by atoms with Gasteiger partial charge in [-0.05, 0) is 54.9 Å². The Morgan fingerprint density at radius 3 is 2.60 bits per heavy atom. The molecule has 3 heteroatoms. The van der Waals surface area contributed by atoms with Crippen LogP contribution in [0.1, 0.15) is 38.7 Å². The van der Waals surface area contributed by atoms with E-state index in [2.05, 4.69) is 13.8 Å². The first-order valence-electron chi connectivity index (χ1n) is 7.20. The van der Waals surface area contributed by atoms with Gasteiger partial charge < -0.3 is 9.84 Å². The van der Waals surface area contributed by atoms with Gasteiger partial charge in [0.05, 0.1) is 6.10 Å². The first-order chi connectivity index (χ1) is 9.52. The summed E-state index contributed by atoms with van der Waals surface area (Å²) in [6.07, 6.45) is 6.47. The molecule has 0 heterocycles. The van der Waals surface area contributed by atoms with Gasteiger partial charge in [0.15, 0.2) is 0 Å². The van der Waals surface area contributed by atoms with Crippen molar-refractivity contribution >= 4 is 12.0 Å². The number of rotatable bonds is 4. The average molecular weight is 274 g/mol. The van der Waals surface area contributed by atoms with Gasteiger partial charge in [0.2, 0.25) is 0 Å². The third-order valence-corrected chi connectivity index (χ3v) is 3.71. The number of carbonyl (C=O) groups is 1. The van der Waals surface area contributed by atoms with Crippen molar-refractivity contribution in [3.05, 3.63) is 35.9 Å². The van der Waals surface area contributed by atoms with Gasteiger partial charge in [-0.2, -0.15) is 0 Å². The Hall–Kier alpha value is -1.77. The van der Waals surface area contributed by atoms with E-state index in [0.717, 1.165) is 30.2 Å². The third-order valence-electron chi connectivity index (χ3n) is 3.71. The topological polar surface area (TPSA) is 46.5 Å². The predicted molar refractivity (Wildman–Crippen MR) is 79.7 cm³/mol. The average Bonchev–Trinajstić information content (AvgIpc) is 2.35. The second kappa shape index (κ2) is 6.60. The molecule has 1 saturated carbocycles. The Labute approximate surface area is 120 Å². The molecule has 1 N–H and O–H groups in total. The number of hydrogen-bond acceptors (Lipinski definition) is 2. The van der Waals surface area contributed by atoms with Crippen LogP contribution in [0.2, 0.25) is 0 Å². The summed E-state index contributed by atoms with van der Waals surface area (Å²) >= 11 is 0. The molecule has 1 aromatic carbocycles. The molecule has 0 saturated heterocycles. The molecule has 0 aliphatic heterocycles. The zero-order chi connectivity index (χ0) is 14.5. The fourth-order valence-electron chi connectivity index (χ4n) is 3.02. The molecule has 1 fully saturated rings. The van der Waals surface area contributed by atoms with Gasteiger partial charge in [-0.25, -0.2) is 4.79 Å². The standard InChI is InChI=1S/C17H22O3/c1-12-8-13(2)10-16(9-12)20-15-5-3-4-14(11-15)6-7-17(18)19/h3-7,11-13,16H,8-10H2,1-2H3,(H,18,19). The van der Waals surface area contributed by atoms with Crippen LogP contribution in [0, 0.1) is 11.8 Å². The molecule has 0 aromatic heterocycles. The highest BCUT2D eigenvalue weighted by Gasteiger charge is 2.25. The number of carboxylic acid groups (broad SMARTS) is 1. The summed E-state index contributed by atoms with van der Waals surface area (Å²) in [5, 5.41) is 8.65. The van der Waals surface area contributed by atoms with E-state index in [1.807, 2.05) is 24.3 Å². The lowest BCUT2D eigenvalue weighted by Crippen LogP contribution is -2.28. The summed E-state index contributed by atoms with van der Waals surface area (Å²) in [6, 6.07) is 7.59. The number of benzene rings is 1. The number of carboxylic acids is 1. The summed E-state index contributed by atoms with van der Waals surface area (Å²) in [5.74, 6) is 1.30. The van der Waals surface area contributed by atoms with Crippen molar-refractivity contribution in [2.24, 2.45) is 11.8 Å². The van der Waals surface area contributed by atoms with Crippen molar-refractivity contribution in [2.45, 2.75) is 39.2 Å². The highest BCUT2D eigenvalue weighted by atomic mass is 16.5. The molecular weight excluding hydrogens is 252 g/mol. The predicted octanol–water partition coefficient (Wildman–Crippen LogP) is 3.99. The second-order valence-corrected chi connectivity index (χ2v) is 5.90. The van der Waals surface area contributed by atoms with Crippen LogP contribution in [0.4, 0.5) is 0 Å². The van der Waals surface area contributed by atoms with Gasteiger partial charge in [0.1, 0.15) is 5.75 Å². The van der Waals surface area contributed by atoms with Crippen LogP contribution in [0.25, 0.3) is 6.08 Å². The van der Waals surface area contributed by atoms with Gasteiger partial charge in [0.25, 0.3) is 0 Å². The minimum Gasteiger partial charge on any atom is -0.490 e. The first kappa shape index (κ1) is 14.6. The summed E-state index contributed by atoms with van der Waals surface area (Å²) < 4.78 is 6.06. The fraction of sp³-hybridized carbons (Fsp3) is 0.471. The quantitative estimate of drug-likeness (QED) is 0.844. The van der Waals surface area contributed by atoms with Crippen LogP contribution >= 0.6 is 0 Å². The van der Waals surface area contributed by atoms with Crippen LogP contribution in [0.3, 0.4) is 0 Å². The van der Waals surface area contributed by atoms with Crippen molar-refractivity contribution in [3.8, 4) is 5.75 Å². The van der Waals surface area contributed by atoms with Gasteiger partial charge in [-0.15, -0.1) is 0 Å². The molecule has 3 nitrogen and oxygen atoms in total. The third kappa shape index (κ3) is 4.41. The molecular formula is C17H22O3. The molecule has 0 spiro atoms. The van der Waals surface area contributed by atoms with E-state index in [1.54, 1.807) is 6.08 Å². The molecule has 0 radical (unpaired) electrons.